The third-order valence-electron chi connectivity index (χ3n) is 12.6. The van der Waals surface area contributed by atoms with Gasteiger partial charge in [-0.25, -0.2) is 0 Å². The van der Waals surface area contributed by atoms with Crippen LogP contribution in [-0.2, 0) is 0 Å². The van der Waals surface area contributed by atoms with Crippen LogP contribution < -0.4 is 0 Å². The summed E-state index contributed by atoms with van der Waals surface area (Å²) in [4.78, 5) is 0. The Balaban J connectivity index is 1.01. The lowest BCUT2D eigenvalue weighted by Gasteiger charge is -2.11. The van der Waals surface area contributed by atoms with Crippen LogP contribution in [0.5, 0.6) is 0 Å². The van der Waals surface area contributed by atoms with Crippen molar-refractivity contribution < 1.29 is 0 Å². The molecule has 2 heteroatoms. The molecule has 13 rings (SSSR count). The maximum absolute atomic E-state index is 2.42. The summed E-state index contributed by atoms with van der Waals surface area (Å²) in [5.74, 6) is 0. The van der Waals surface area contributed by atoms with Gasteiger partial charge in [0, 0.05) is 32.9 Å². The highest BCUT2D eigenvalue weighted by Crippen LogP contribution is 2.49. The first kappa shape index (κ1) is 31.5. The van der Waals surface area contributed by atoms with E-state index in [4.69, 9.17) is 0 Å². The van der Waals surface area contributed by atoms with E-state index in [-0.39, 0.29) is 0 Å². The zero-order valence-electron chi connectivity index (χ0n) is 31.5. The molecule has 2 aromatic heterocycles. The van der Waals surface area contributed by atoms with Crippen LogP contribution >= 0.6 is 0 Å². The predicted octanol–water partition coefficient (Wildman–Crippen LogP) is 15.2. The van der Waals surface area contributed by atoms with E-state index in [1.165, 1.54) is 115 Å². The summed E-state index contributed by atoms with van der Waals surface area (Å²) in [5.41, 5.74) is 17.4. The Morgan fingerprint density at radius 3 is 1.52 bits per heavy atom. The minimum Gasteiger partial charge on any atom is -0.309 e. The van der Waals surface area contributed by atoms with E-state index < -0.39 is 0 Å². The average molecular weight is 735 g/mol. The van der Waals surface area contributed by atoms with Gasteiger partial charge in [0.25, 0.3) is 0 Å². The van der Waals surface area contributed by atoms with Crippen molar-refractivity contribution in [2.24, 2.45) is 0 Å². The fourth-order valence-corrected chi connectivity index (χ4v) is 10.0. The zero-order chi connectivity index (χ0) is 37.9. The topological polar surface area (TPSA) is 9.86 Å². The Labute approximate surface area is 335 Å². The maximum Gasteiger partial charge on any atom is 0.0541 e. The molecule has 0 atom stereocenters. The van der Waals surface area contributed by atoms with E-state index in [1.54, 1.807) is 0 Å². The number of fused-ring (bicyclic) bond motifs is 10. The molecule has 0 amide bonds. The highest BCUT2D eigenvalue weighted by atomic mass is 15.0. The van der Waals surface area contributed by atoms with Crippen LogP contribution in [0.3, 0.4) is 0 Å². The highest BCUT2D eigenvalue weighted by Gasteiger charge is 2.23. The van der Waals surface area contributed by atoms with Crippen LogP contribution in [-0.4, -0.2) is 9.13 Å². The van der Waals surface area contributed by atoms with Gasteiger partial charge in [0.1, 0.15) is 0 Å². The van der Waals surface area contributed by atoms with E-state index >= 15 is 0 Å². The zero-order valence-corrected chi connectivity index (χ0v) is 31.5. The van der Waals surface area contributed by atoms with E-state index in [0.717, 1.165) is 5.69 Å². The Hall–Kier alpha value is -7.68. The molecule has 1 aliphatic rings. The molecule has 0 aliphatic heterocycles. The smallest absolute Gasteiger partial charge is 0.0541 e. The van der Waals surface area contributed by atoms with Gasteiger partial charge in [-0.2, -0.15) is 0 Å². The highest BCUT2D eigenvalue weighted by molar-refractivity contribution is 6.20. The third kappa shape index (κ3) is 4.43. The lowest BCUT2D eigenvalue weighted by Crippen LogP contribution is -1.94. The summed E-state index contributed by atoms with van der Waals surface area (Å²) in [7, 11) is 0. The molecule has 0 spiro atoms. The summed E-state index contributed by atoms with van der Waals surface area (Å²) in [5, 5.41) is 10.2. The van der Waals surface area contributed by atoms with Gasteiger partial charge in [0.2, 0.25) is 0 Å². The molecule has 0 N–H and O–H groups in total. The normalized spacial score (nSPS) is 12.1. The molecule has 1 aliphatic carbocycles. The summed E-state index contributed by atoms with van der Waals surface area (Å²) in [6.07, 6.45) is 0. The molecule has 58 heavy (non-hydrogen) atoms. The fourth-order valence-electron chi connectivity index (χ4n) is 10.0. The lowest BCUT2D eigenvalue weighted by molar-refractivity contribution is 1.18. The van der Waals surface area contributed by atoms with Crippen LogP contribution in [0, 0.1) is 0 Å². The molecule has 268 valence electrons. The van der Waals surface area contributed by atoms with Crippen LogP contribution in [0.4, 0.5) is 0 Å². The molecule has 2 nitrogen and oxygen atoms in total. The van der Waals surface area contributed by atoms with Crippen molar-refractivity contribution in [2.75, 3.05) is 0 Å². The van der Waals surface area contributed by atoms with E-state index in [2.05, 4.69) is 215 Å². The van der Waals surface area contributed by atoms with Crippen molar-refractivity contribution >= 4 is 65.2 Å². The molecule has 0 saturated heterocycles. The molecular formula is C56H34N2. The number of hydrogen-bond acceptors (Lipinski definition) is 0. The molecule has 0 saturated carbocycles. The molecule has 0 fully saturated rings. The first-order chi connectivity index (χ1) is 28.8. The minimum absolute atomic E-state index is 1.16. The molecule has 0 bridgehead atoms. The lowest BCUT2D eigenvalue weighted by atomic mass is 9.93. The molecule has 2 heterocycles. The largest absolute Gasteiger partial charge is 0.309 e. The van der Waals surface area contributed by atoms with Crippen molar-refractivity contribution in [3.8, 4) is 55.9 Å². The second-order valence-electron chi connectivity index (χ2n) is 15.7. The number of aromatic nitrogens is 2. The Morgan fingerprint density at radius 2 is 0.759 bits per heavy atom. The number of benzene rings is 10. The molecular weight excluding hydrogens is 701 g/mol. The van der Waals surface area contributed by atoms with E-state index in [0.29, 0.717) is 0 Å². The minimum atomic E-state index is 1.16. The van der Waals surface area contributed by atoms with Gasteiger partial charge in [-0.15, -0.1) is 0 Å². The Bertz CT molecular complexity index is 3650. The van der Waals surface area contributed by atoms with E-state index in [1.807, 2.05) is 0 Å². The average Bonchev–Trinajstić information content (AvgIpc) is 3.92. The van der Waals surface area contributed by atoms with Gasteiger partial charge >= 0.3 is 0 Å². The predicted molar refractivity (Wildman–Crippen MR) is 245 cm³/mol. The van der Waals surface area contributed by atoms with Crippen molar-refractivity contribution in [3.05, 3.63) is 206 Å². The number of para-hydroxylation sites is 2. The van der Waals surface area contributed by atoms with Crippen LogP contribution in [0.1, 0.15) is 0 Å². The number of nitrogens with zero attached hydrogens (tertiary/aromatic N) is 2. The van der Waals surface area contributed by atoms with Crippen molar-refractivity contribution in [2.45, 2.75) is 0 Å². The molecule has 0 radical (unpaired) electrons. The molecule has 10 aromatic carbocycles. The second kappa shape index (κ2) is 11.9. The summed E-state index contributed by atoms with van der Waals surface area (Å²) >= 11 is 0. The fraction of sp³-hybridized carbons (Fsp3) is 0. The third-order valence-corrected chi connectivity index (χ3v) is 12.6. The number of rotatable bonds is 4. The van der Waals surface area contributed by atoms with Gasteiger partial charge in [0.15, 0.2) is 0 Å². The van der Waals surface area contributed by atoms with Gasteiger partial charge in [0.05, 0.1) is 22.1 Å². The van der Waals surface area contributed by atoms with Gasteiger partial charge in [-0.3, -0.25) is 0 Å². The van der Waals surface area contributed by atoms with Crippen LogP contribution in [0.25, 0.3) is 121 Å². The van der Waals surface area contributed by atoms with Crippen molar-refractivity contribution in [1.82, 2.24) is 9.13 Å². The Morgan fingerprint density at radius 1 is 0.241 bits per heavy atom. The quantitative estimate of drug-likeness (QED) is 0.170. The van der Waals surface area contributed by atoms with Gasteiger partial charge in [-0.05, 0) is 133 Å². The second-order valence-corrected chi connectivity index (χ2v) is 15.7. The van der Waals surface area contributed by atoms with Crippen molar-refractivity contribution in [1.29, 1.82) is 0 Å². The monoisotopic (exact) mass is 734 g/mol. The summed E-state index contributed by atoms with van der Waals surface area (Å²) < 4.78 is 4.83. The SMILES string of the molecule is c1ccc(-n2c3ccc(-c4ccc5c(c4)c4ccccc4n5-c4ccc5ccccc5c4)cc3c3cc(-c4ccc5c6c(cccc46)-c4ccccc4-5)ccc32)cc1. The summed E-state index contributed by atoms with van der Waals surface area (Å²) in [6.45, 7) is 0. The van der Waals surface area contributed by atoms with E-state index in [9.17, 15) is 0 Å². The first-order valence-electron chi connectivity index (χ1n) is 20.1. The van der Waals surface area contributed by atoms with Crippen LogP contribution in [0.15, 0.2) is 206 Å². The van der Waals surface area contributed by atoms with Gasteiger partial charge in [-0.1, -0.05) is 140 Å². The van der Waals surface area contributed by atoms with Crippen LogP contribution in [0.2, 0.25) is 0 Å². The number of hydrogen-bond donors (Lipinski definition) is 0. The molecule has 0 unspecified atom stereocenters. The van der Waals surface area contributed by atoms with Crippen molar-refractivity contribution in [3.63, 3.8) is 0 Å². The maximum atomic E-state index is 2.42. The van der Waals surface area contributed by atoms with Gasteiger partial charge < -0.3 is 9.13 Å². The standard InChI is InChI=1S/C56H34N2/c1-2-13-40(14-3-1)57-54-29-23-38(37-22-28-53-49(32-37)45-17-8-9-20-52(45)58(53)41-25-21-35-11-4-5-12-36(35)31-41)33-50(54)51-34-39(24-30-55(51)57)42-26-27-48-44-16-7-6-15-43(44)47-19-10-18-46(42)56(47)48/h1-34H. The Kier molecular flexibility index (Phi) is 6.47. The molecule has 12 aromatic rings. The first-order valence-corrected chi connectivity index (χ1v) is 20.1. The summed E-state index contributed by atoms with van der Waals surface area (Å²) in [6, 6.07) is 76.3.